The number of hydrogen-bond acceptors (Lipinski definition) is 6. The van der Waals surface area contributed by atoms with Gasteiger partial charge in [-0.1, -0.05) is 32.0 Å². The Morgan fingerprint density at radius 1 is 1.39 bits per heavy atom. The maximum atomic E-state index is 12.6. The summed E-state index contributed by atoms with van der Waals surface area (Å²) in [4.78, 5) is 17.9. The van der Waals surface area contributed by atoms with Crippen LogP contribution in [-0.4, -0.2) is 26.9 Å². The molecule has 178 valence electrons. The molecule has 0 spiro atoms. The van der Waals surface area contributed by atoms with Gasteiger partial charge in [-0.15, -0.1) is 11.3 Å². The second-order valence-electron chi connectivity index (χ2n) is 10.1. The average molecular weight is 470 g/mol. The SMILES string of the molecule is CCc1cc(O)ccc1C1CC[C@]2(C)/C(=N/O)C[C@@H](CCC(=O)Nc3ncc(C)s3)C2C1C. The Morgan fingerprint density at radius 3 is 2.85 bits per heavy atom. The summed E-state index contributed by atoms with van der Waals surface area (Å²) in [6.07, 6.45) is 6.60. The second kappa shape index (κ2) is 9.45. The number of aryl methyl sites for hydroxylation is 2. The van der Waals surface area contributed by atoms with E-state index in [2.05, 4.69) is 42.3 Å². The number of aromatic hydroxyl groups is 1. The zero-order valence-electron chi connectivity index (χ0n) is 20.0. The van der Waals surface area contributed by atoms with Gasteiger partial charge in [0.1, 0.15) is 5.75 Å². The van der Waals surface area contributed by atoms with Crippen LogP contribution in [0.1, 0.15) is 74.8 Å². The molecule has 0 saturated heterocycles. The van der Waals surface area contributed by atoms with E-state index in [1.807, 2.05) is 13.0 Å². The smallest absolute Gasteiger partial charge is 0.226 e. The summed E-state index contributed by atoms with van der Waals surface area (Å²) in [6.45, 7) is 8.68. The Morgan fingerprint density at radius 2 is 2.18 bits per heavy atom. The third-order valence-electron chi connectivity index (χ3n) is 8.17. The van der Waals surface area contributed by atoms with Gasteiger partial charge in [0.05, 0.1) is 5.71 Å². The summed E-state index contributed by atoms with van der Waals surface area (Å²) in [6, 6.07) is 5.78. The first kappa shape index (κ1) is 23.7. The fraction of sp³-hybridized carbons (Fsp3) is 0.577. The summed E-state index contributed by atoms with van der Waals surface area (Å²) < 4.78 is 0. The van der Waals surface area contributed by atoms with Crippen molar-refractivity contribution in [3.63, 3.8) is 0 Å². The fourth-order valence-electron chi connectivity index (χ4n) is 6.66. The number of hydrogen-bond donors (Lipinski definition) is 3. The highest BCUT2D eigenvalue weighted by molar-refractivity contribution is 7.15. The monoisotopic (exact) mass is 469 g/mol. The van der Waals surface area contributed by atoms with Crippen LogP contribution in [0.2, 0.25) is 0 Å². The van der Waals surface area contributed by atoms with Crippen LogP contribution in [0.3, 0.4) is 0 Å². The maximum Gasteiger partial charge on any atom is 0.226 e. The summed E-state index contributed by atoms with van der Waals surface area (Å²) in [5.74, 6) is 1.73. The molecule has 0 aliphatic heterocycles. The number of rotatable bonds is 6. The van der Waals surface area contributed by atoms with Crippen LogP contribution < -0.4 is 5.32 Å². The minimum Gasteiger partial charge on any atom is -0.508 e. The van der Waals surface area contributed by atoms with Gasteiger partial charge in [-0.2, -0.15) is 0 Å². The molecule has 3 N–H and O–H groups in total. The van der Waals surface area contributed by atoms with E-state index >= 15 is 0 Å². The predicted molar refractivity (Wildman–Crippen MR) is 132 cm³/mol. The molecule has 1 amide bonds. The zero-order valence-corrected chi connectivity index (χ0v) is 20.8. The normalized spacial score (nSPS) is 30.4. The molecule has 2 aliphatic carbocycles. The molecular formula is C26H35N3O3S. The lowest BCUT2D eigenvalue weighted by atomic mass is 9.57. The van der Waals surface area contributed by atoms with Gasteiger partial charge in [0.15, 0.2) is 5.13 Å². The molecule has 6 nitrogen and oxygen atoms in total. The Hall–Kier alpha value is -2.41. The first-order valence-electron chi connectivity index (χ1n) is 12.0. The van der Waals surface area contributed by atoms with Crippen molar-refractivity contribution in [2.24, 2.45) is 28.3 Å². The maximum absolute atomic E-state index is 12.6. The standard InChI is InChI=1S/C26H35N3O3S/c1-5-17-12-19(30)7-8-21(17)20-10-11-26(4)22(29-32)13-18(24(26)16(20)3)6-9-23(31)28-25-27-14-15(2)33-25/h7-8,12,14,16,18,20,24,30,32H,5-6,9-11,13H2,1-4H3,(H,27,28,31)/b29-22+/t16?,18-,20?,24?,26-/m1/s1. The Kier molecular flexibility index (Phi) is 6.80. The first-order valence-corrected chi connectivity index (χ1v) is 12.8. The van der Waals surface area contributed by atoms with Crippen molar-refractivity contribution >= 4 is 28.1 Å². The van der Waals surface area contributed by atoms with Gasteiger partial charge in [0, 0.05) is 22.9 Å². The van der Waals surface area contributed by atoms with E-state index in [-0.39, 0.29) is 11.3 Å². The number of benzene rings is 1. The molecule has 1 heterocycles. The Bertz CT molecular complexity index is 1050. The Labute approximate surface area is 200 Å². The number of carbonyl (C=O) groups is 1. The highest BCUT2D eigenvalue weighted by atomic mass is 32.1. The molecule has 2 fully saturated rings. The van der Waals surface area contributed by atoms with Crippen molar-refractivity contribution < 1.29 is 15.1 Å². The van der Waals surface area contributed by atoms with E-state index in [0.29, 0.717) is 41.0 Å². The van der Waals surface area contributed by atoms with Crippen molar-refractivity contribution in [3.8, 4) is 5.75 Å². The first-order chi connectivity index (χ1) is 15.8. The van der Waals surface area contributed by atoms with Crippen LogP contribution in [0.15, 0.2) is 29.6 Å². The number of anilines is 1. The number of amides is 1. The van der Waals surface area contributed by atoms with Crippen LogP contribution >= 0.6 is 11.3 Å². The number of nitrogens with one attached hydrogen (secondary N) is 1. The van der Waals surface area contributed by atoms with Gasteiger partial charge < -0.3 is 15.6 Å². The third kappa shape index (κ3) is 4.52. The number of thiazole rings is 1. The summed E-state index contributed by atoms with van der Waals surface area (Å²) in [7, 11) is 0. The van der Waals surface area contributed by atoms with Crippen LogP contribution in [-0.2, 0) is 11.2 Å². The zero-order chi connectivity index (χ0) is 23.8. The lowest BCUT2D eigenvalue weighted by Gasteiger charge is -2.47. The summed E-state index contributed by atoms with van der Waals surface area (Å²) in [5.41, 5.74) is 3.29. The number of oxime groups is 1. The van der Waals surface area contributed by atoms with Crippen LogP contribution in [0.5, 0.6) is 5.75 Å². The number of nitrogens with zero attached hydrogens (tertiary/aromatic N) is 2. The number of phenolic OH excluding ortho intramolecular Hbond substituents is 1. The topological polar surface area (TPSA) is 94.8 Å². The number of fused-ring (bicyclic) bond motifs is 1. The molecule has 1 aromatic carbocycles. The molecule has 33 heavy (non-hydrogen) atoms. The Balaban J connectivity index is 1.53. The minimum atomic E-state index is -0.137. The molecule has 2 aliphatic rings. The second-order valence-corrected chi connectivity index (χ2v) is 11.3. The van der Waals surface area contributed by atoms with Crippen molar-refractivity contribution in [2.45, 2.75) is 72.1 Å². The molecule has 7 heteroatoms. The summed E-state index contributed by atoms with van der Waals surface area (Å²) >= 11 is 1.49. The van der Waals surface area contributed by atoms with E-state index in [0.717, 1.165) is 42.7 Å². The fourth-order valence-corrected chi connectivity index (χ4v) is 7.34. The van der Waals surface area contributed by atoms with Crippen molar-refractivity contribution in [2.75, 3.05) is 5.32 Å². The van der Waals surface area contributed by atoms with Gasteiger partial charge in [-0.25, -0.2) is 4.98 Å². The molecule has 1 aromatic heterocycles. The van der Waals surface area contributed by atoms with Crippen molar-refractivity contribution in [1.29, 1.82) is 0 Å². The third-order valence-corrected chi connectivity index (χ3v) is 9.00. The van der Waals surface area contributed by atoms with E-state index in [4.69, 9.17) is 0 Å². The molecule has 2 aromatic rings. The van der Waals surface area contributed by atoms with Crippen LogP contribution in [0, 0.1) is 30.1 Å². The number of phenols is 1. The molecule has 0 bridgehead atoms. The van der Waals surface area contributed by atoms with Gasteiger partial charge in [0.25, 0.3) is 0 Å². The molecular weight excluding hydrogens is 434 g/mol. The van der Waals surface area contributed by atoms with Crippen molar-refractivity contribution in [1.82, 2.24) is 4.98 Å². The molecule has 5 atom stereocenters. The van der Waals surface area contributed by atoms with Gasteiger partial charge in [0.2, 0.25) is 5.91 Å². The van der Waals surface area contributed by atoms with Crippen LogP contribution in [0.4, 0.5) is 5.13 Å². The van der Waals surface area contributed by atoms with E-state index in [9.17, 15) is 15.1 Å². The average Bonchev–Trinajstić information content (AvgIpc) is 3.32. The quantitative estimate of drug-likeness (QED) is 0.351. The van der Waals surface area contributed by atoms with Crippen LogP contribution in [0.25, 0.3) is 0 Å². The van der Waals surface area contributed by atoms with Crippen molar-refractivity contribution in [3.05, 3.63) is 40.4 Å². The van der Waals surface area contributed by atoms with Gasteiger partial charge in [-0.3, -0.25) is 4.79 Å². The lowest BCUT2D eigenvalue weighted by Crippen LogP contribution is -2.42. The minimum absolute atomic E-state index is 0.00717. The van der Waals surface area contributed by atoms with E-state index in [1.54, 1.807) is 12.3 Å². The summed E-state index contributed by atoms with van der Waals surface area (Å²) in [5, 5.41) is 27.1. The lowest BCUT2D eigenvalue weighted by molar-refractivity contribution is -0.116. The number of carbonyl (C=O) groups excluding carboxylic acids is 1. The molecule has 2 saturated carbocycles. The predicted octanol–water partition coefficient (Wildman–Crippen LogP) is 6.12. The molecule has 4 rings (SSSR count). The number of aromatic nitrogens is 1. The van der Waals surface area contributed by atoms with E-state index < -0.39 is 0 Å². The van der Waals surface area contributed by atoms with Gasteiger partial charge >= 0.3 is 0 Å². The molecule has 3 unspecified atom stereocenters. The molecule has 0 radical (unpaired) electrons. The van der Waals surface area contributed by atoms with Gasteiger partial charge in [-0.05, 0) is 86.0 Å². The highest BCUT2D eigenvalue weighted by Gasteiger charge is 2.55. The largest absolute Gasteiger partial charge is 0.508 e. The van der Waals surface area contributed by atoms with E-state index in [1.165, 1.54) is 22.5 Å². The highest BCUT2D eigenvalue weighted by Crippen LogP contribution is 2.60.